The minimum Gasteiger partial charge on any atom is -0.488 e. The topological polar surface area (TPSA) is 63.8 Å². The minimum atomic E-state index is -0.426. The van der Waals surface area contributed by atoms with E-state index >= 15 is 0 Å². The largest absolute Gasteiger partial charge is 0.488 e. The lowest BCUT2D eigenvalue weighted by atomic mass is 10.2. The SMILES string of the molecule is O=C(N/N=C/c1ccccc1OCc1ccccc1)c1ccc(Br)o1. The third kappa shape index (κ3) is 4.81. The van der Waals surface area contributed by atoms with E-state index < -0.39 is 5.91 Å². The Kier molecular flexibility index (Phi) is 5.64. The molecule has 126 valence electrons. The molecule has 0 unspecified atom stereocenters. The summed E-state index contributed by atoms with van der Waals surface area (Å²) in [5.74, 6) is 0.437. The average molecular weight is 399 g/mol. The number of amides is 1. The van der Waals surface area contributed by atoms with Gasteiger partial charge in [0.2, 0.25) is 0 Å². The zero-order valence-electron chi connectivity index (χ0n) is 13.2. The molecule has 3 aromatic rings. The molecule has 6 heteroatoms. The van der Waals surface area contributed by atoms with Crippen LogP contribution in [-0.2, 0) is 6.61 Å². The maximum atomic E-state index is 11.9. The maximum absolute atomic E-state index is 11.9. The van der Waals surface area contributed by atoms with Crippen LogP contribution in [0.1, 0.15) is 21.7 Å². The van der Waals surface area contributed by atoms with Gasteiger partial charge in [0.1, 0.15) is 12.4 Å². The number of hydrogen-bond acceptors (Lipinski definition) is 4. The van der Waals surface area contributed by atoms with E-state index in [1.54, 1.807) is 12.1 Å². The quantitative estimate of drug-likeness (QED) is 0.494. The zero-order valence-corrected chi connectivity index (χ0v) is 14.8. The number of benzene rings is 2. The molecule has 0 spiro atoms. The molecule has 0 saturated heterocycles. The van der Waals surface area contributed by atoms with Crippen LogP contribution in [0.5, 0.6) is 5.75 Å². The molecule has 25 heavy (non-hydrogen) atoms. The van der Waals surface area contributed by atoms with Crippen molar-refractivity contribution < 1.29 is 13.9 Å². The number of ether oxygens (including phenoxy) is 1. The number of para-hydroxylation sites is 1. The van der Waals surface area contributed by atoms with Gasteiger partial charge in [-0.05, 0) is 45.8 Å². The molecule has 0 aliphatic heterocycles. The van der Waals surface area contributed by atoms with E-state index in [0.717, 1.165) is 11.1 Å². The fourth-order valence-electron chi connectivity index (χ4n) is 2.11. The Labute approximate surface area is 153 Å². The lowest BCUT2D eigenvalue weighted by Crippen LogP contribution is -2.16. The summed E-state index contributed by atoms with van der Waals surface area (Å²) in [5, 5.41) is 3.96. The molecule has 0 saturated carbocycles. The predicted molar refractivity (Wildman–Crippen MR) is 98.7 cm³/mol. The normalized spacial score (nSPS) is 10.8. The number of halogens is 1. The summed E-state index contributed by atoms with van der Waals surface area (Å²) in [6.07, 6.45) is 1.54. The molecule has 3 rings (SSSR count). The highest BCUT2D eigenvalue weighted by Gasteiger charge is 2.09. The monoisotopic (exact) mass is 398 g/mol. The van der Waals surface area contributed by atoms with Crippen LogP contribution in [0.3, 0.4) is 0 Å². The fraction of sp³-hybridized carbons (Fsp3) is 0.0526. The Balaban J connectivity index is 1.63. The first-order valence-corrected chi connectivity index (χ1v) is 8.36. The van der Waals surface area contributed by atoms with E-state index in [-0.39, 0.29) is 5.76 Å². The van der Waals surface area contributed by atoms with Crippen LogP contribution >= 0.6 is 15.9 Å². The van der Waals surface area contributed by atoms with Crippen LogP contribution in [0.2, 0.25) is 0 Å². The van der Waals surface area contributed by atoms with E-state index in [1.807, 2.05) is 54.6 Å². The van der Waals surface area contributed by atoms with Crippen molar-refractivity contribution in [3.05, 3.63) is 88.3 Å². The number of carbonyl (C=O) groups is 1. The first-order chi connectivity index (χ1) is 12.2. The van der Waals surface area contributed by atoms with E-state index in [9.17, 15) is 4.79 Å². The van der Waals surface area contributed by atoms with E-state index in [2.05, 4.69) is 26.5 Å². The van der Waals surface area contributed by atoms with Crippen molar-refractivity contribution in [1.82, 2.24) is 5.43 Å². The Morgan fingerprint density at radius 3 is 2.60 bits per heavy atom. The molecule has 1 heterocycles. The van der Waals surface area contributed by atoms with Gasteiger partial charge in [-0.3, -0.25) is 4.79 Å². The molecule has 0 aliphatic rings. The number of nitrogens with one attached hydrogen (secondary N) is 1. The number of nitrogens with zero attached hydrogens (tertiary/aromatic N) is 1. The van der Waals surface area contributed by atoms with Crippen molar-refractivity contribution in [3.8, 4) is 5.75 Å². The van der Waals surface area contributed by atoms with Gasteiger partial charge in [-0.1, -0.05) is 42.5 Å². The predicted octanol–water partition coefficient (Wildman–Crippen LogP) is 4.39. The molecule has 5 nitrogen and oxygen atoms in total. The number of carbonyl (C=O) groups excluding carboxylic acids is 1. The van der Waals surface area contributed by atoms with Gasteiger partial charge in [0, 0.05) is 5.56 Å². The summed E-state index contributed by atoms with van der Waals surface area (Å²) < 4.78 is 11.5. The number of hydrazone groups is 1. The van der Waals surface area contributed by atoms with Crippen LogP contribution in [0.4, 0.5) is 0 Å². The molecule has 1 aromatic heterocycles. The van der Waals surface area contributed by atoms with Gasteiger partial charge < -0.3 is 9.15 Å². The van der Waals surface area contributed by atoms with Gasteiger partial charge >= 0.3 is 5.91 Å². The summed E-state index contributed by atoms with van der Waals surface area (Å²) in [5.41, 5.74) is 4.26. The number of hydrogen-bond donors (Lipinski definition) is 1. The lowest BCUT2D eigenvalue weighted by Gasteiger charge is -2.08. The summed E-state index contributed by atoms with van der Waals surface area (Å²) in [6, 6.07) is 20.6. The van der Waals surface area contributed by atoms with Crippen molar-refractivity contribution in [2.45, 2.75) is 6.61 Å². The summed E-state index contributed by atoms with van der Waals surface area (Å²) >= 11 is 3.15. The third-order valence-electron chi connectivity index (χ3n) is 3.32. The molecule has 0 fully saturated rings. The molecule has 0 atom stereocenters. The van der Waals surface area contributed by atoms with Crippen molar-refractivity contribution in [1.29, 1.82) is 0 Å². The fourth-order valence-corrected chi connectivity index (χ4v) is 2.41. The number of furan rings is 1. The second kappa shape index (κ2) is 8.30. The second-order valence-corrected chi connectivity index (χ2v) is 5.90. The second-order valence-electron chi connectivity index (χ2n) is 5.11. The highest BCUT2D eigenvalue weighted by atomic mass is 79.9. The van der Waals surface area contributed by atoms with Crippen molar-refractivity contribution >= 4 is 28.1 Å². The summed E-state index contributed by atoms with van der Waals surface area (Å²) in [6.45, 7) is 0.457. The molecular formula is C19H15BrN2O3. The Hall–Kier alpha value is -2.86. The van der Waals surface area contributed by atoms with Gasteiger partial charge in [-0.15, -0.1) is 0 Å². The van der Waals surface area contributed by atoms with E-state index in [4.69, 9.17) is 9.15 Å². The van der Waals surface area contributed by atoms with Crippen molar-refractivity contribution in [2.24, 2.45) is 5.10 Å². The van der Waals surface area contributed by atoms with E-state index in [0.29, 0.717) is 17.0 Å². The first kappa shape index (κ1) is 17.0. The minimum absolute atomic E-state index is 0.178. The molecule has 0 bridgehead atoms. The average Bonchev–Trinajstić information content (AvgIpc) is 3.08. The molecule has 2 aromatic carbocycles. The molecule has 0 aliphatic carbocycles. The Bertz CT molecular complexity index is 875. The van der Waals surface area contributed by atoms with Crippen LogP contribution in [-0.4, -0.2) is 12.1 Å². The molecule has 1 N–H and O–H groups in total. The van der Waals surface area contributed by atoms with Gasteiger partial charge in [0.05, 0.1) is 6.21 Å². The van der Waals surface area contributed by atoms with Crippen molar-refractivity contribution in [2.75, 3.05) is 0 Å². The van der Waals surface area contributed by atoms with Crippen LogP contribution in [0.25, 0.3) is 0 Å². The summed E-state index contributed by atoms with van der Waals surface area (Å²) in [4.78, 5) is 11.9. The maximum Gasteiger partial charge on any atom is 0.307 e. The molecule has 0 radical (unpaired) electrons. The lowest BCUT2D eigenvalue weighted by molar-refractivity contribution is 0.0926. The van der Waals surface area contributed by atoms with Gasteiger partial charge in [-0.2, -0.15) is 5.10 Å². The smallest absolute Gasteiger partial charge is 0.307 e. The Morgan fingerprint density at radius 2 is 1.84 bits per heavy atom. The third-order valence-corrected chi connectivity index (χ3v) is 3.75. The van der Waals surface area contributed by atoms with Crippen LogP contribution < -0.4 is 10.2 Å². The van der Waals surface area contributed by atoms with Gasteiger partial charge in [0.25, 0.3) is 0 Å². The highest BCUT2D eigenvalue weighted by molar-refractivity contribution is 9.10. The van der Waals surface area contributed by atoms with Crippen LogP contribution in [0.15, 0.2) is 80.9 Å². The van der Waals surface area contributed by atoms with Gasteiger partial charge in [-0.25, -0.2) is 5.43 Å². The van der Waals surface area contributed by atoms with Gasteiger partial charge in [0.15, 0.2) is 10.4 Å². The highest BCUT2D eigenvalue weighted by Crippen LogP contribution is 2.18. The Morgan fingerprint density at radius 1 is 1.08 bits per heavy atom. The number of rotatable bonds is 6. The molecular weight excluding hydrogens is 384 g/mol. The molecule has 1 amide bonds. The van der Waals surface area contributed by atoms with E-state index in [1.165, 1.54) is 6.21 Å². The van der Waals surface area contributed by atoms with Crippen molar-refractivity contribution in [3.63, 3.8) is 0 Å². The zero-order chi connectivity index (χ0) is 17.5. The van der Waals surface area contributed by atoms with Crippen LogP contribution in [0, 0.1) is 0 Å². The first-order valence-electron chi connectivity index (χ1n) is 7.57. The summed E-state index contributed by atoms with van der Waals surface area (Å²) in [7, 11) is 0. The standard InChI is InChI=1S/C19H15BrN2O3/c20-18-11-10-17(25-18)19(23)22-21-12-15-8-4-5-9-16(15)24-13-14-6-2-1-3-7-14/h1-12H,13H2,(H,22,23)/b21-12+.